The van der Waals surface area contributed by atoms with Gasteiger partial charge in [-0.15, -0.1) is 0 Å². The Hall–Kier alpha value is -2.60. The van der Waals surface area contributed by atoms with Crippen LogP contribution >= 0.6 is 11.6 Å². The third-order valence-corrected chi connectivity index (χ3v) is 4.98. The molecule has 1 amide bonds. The van der Waals surface area contributed by atoms with Crippen molar-refractivity contribution in [1.29, 1.82) is 0 Å². The Morgan fingerprint density at radius 2 is 2.16 bits per heavy atom. The van der Waals surface area contributed by atoms with Gasteiger partial charge in [-0.2, -0.15) is 10.2 Å². The maximum Gasteiger partial charge on any atom is 0.254 e. The van der Waals surface area contributed by atoms with Crippen LogP contribution < -0.4 is 0 Å². The van der Waals surface area contributed by atoms with Crippen molar-refractivity contribution in [2.24, 2.45) is 0 Å². The van der Waals surface area contributed by atoms with E-state index in [9.17, 15) is 4.79 Å². The molecule has 1 aliphatic rings. The molecule has 1 atom stereocenters. The largest absolute Gasteiger partial charge is 0.330 e. The summed E-state index contributed by atoms with van der Waals surface area (Å²) in [7, 11) is 0. The lowest BCUT2D eigenvalue weighted by molar-refractivity contribution is 0.0655. The van der Waals surface area contributed by atoms with E-state index >= 15 is 0 Å². The van der Waals surface area contributed by atoms with E-state index < -0.39 is 0 Å². The van der Waals surface area contributed by atoms with Gasteiger partial charge in [0.25, 0.3) is 5.91 Å². The van der Waals surface area contributed by atoms with E-state index in [1.54, 1.807) is 18.3 Å². The zero-order valence-electron chi connectivity index (χ0n) is 14.0. The number of fused-ring (bicyclic) bond motifs is 1. The molecule has 0 saturated carbocycles. The summed E-state index contributed by atoms with van der Waals surface area (Å²) in [4.78, 5) is 14.9. The van der Waals surface area contributed by atoms with Gasteiger partial charge in [-0.3, -0.25) is 15.0 Å². The van der Waals surface area contributed by atoms with Gasteiger partial charge in [-0.1, -0.05) is 11.6 Å². The number of halogens is 1. The van der Waals surface area contributed by atoms with Gasteiger partial charge in [-0.25, -0.2) is 0 Å². The molecule has 6 nitrogen and oxygen atoms in total. The van der Waals surface area contributed by atoms with Gasteiger partial charge in [0.1, 0.15) is 5.69 Å². The number of benzene rings is 1. The fourth-order valence-corrected chi connectivity index (χ4v) is 3.61. The highest BCUT2D eigenvalue weighted by Crippen LogP contribution is 2.30. The van der Waals surface area contributed by atoms with Crippen molar-refractivity contribution in [1.82, 2.24) is 25.3 Å². The van der Waals surface area contributed by atoms with E-state index in [1.165, 1.54) is 0 Å². The van der Waals surface area contributed by atoms with Crippen molar-refractivity contribution in [3.63, 3.8) is 0 Å². The second-order valence-corrected chi connectivity index (χ2v) is 6.88. The zero-order valence-corrected chi connectivity index (χ0v) is 14.8. The fourth-order valence-electron chi connectivity index (χ4n) is 3.39. The van der Waals surface area contributed by atoms with Crippen LogP contribution in [-0.2, 0) is 13.0 Å². The Bertz CT molecular complexity index is 931. The standard InChI is InChI=1S/C18H18ClN5O/c1-10-7-12(19)3-4-13(10)18(25)24-9-16-14(8-11(24)2)17(23-22-16)15-5-6-20-21-15/h3-7,11H,8-9H2,1-2H3,(H,20,21)(H,22,23). The summed E-state index contributed by atoms with van der Waals surface area (Å²) in [6.45, 7) is 4.49. The molecule has 1 aromatic carbocycles. The number of hydrogen-bond donors (Lipinski definition) is 2. The van der Waals surface area contributed by atoms with Gasteiger partial charge in [0.15, 0.2) is 0 Å². The number of amides is 1. The van der Waals surface area contributed by atoms with Crippen LogP contribution in [0.3, 0.4) is 0 Å². The molecule has 1 aliphatic heterocycles. The molecule has 128 valence electrons. The van der Waals surface area contributed by atoms with Gasteiger partial charge >= 0.3 is 0 Å². The minimum Gasteiger partial charge on any atom is -0.330 e. The Labute approximate surface area is 150 Å². The first-order valence-electron chi connectivity index (χ1n) is 8.17. The minimum absolute atomic E-state index is 0.0185. The lowest BCUT2D eigenvalue weighted by Gasteiger charge is -2.33. The fraction of sp³-hybridized carbons (Fsp3) is 0.278. The van der Waals surface area contributed by atoms with E-state index in [2.05, 4.69) is 27.3 Å². The average molecular weight is 356 g/mol. The van der Waals surface area contributed by atoms with Crippen LogP contribution in [0.15, 0.2) is 30.5 Å². The quantitative estimate of drug-likeness (QED) is 0.740. The lowest BCUT2D eigenvalue weighted by Crippen LogP contribution is -2.42. The first kappa shape index (κ1) is 15.9. The SMILES string of the molecule is Cc1cc(Cl)ccc1C(=O)N1Cc2[nH]nc(-c3ccn[nH]3)c2CC1C. The number of carbonyl (C=O) groups excluding carboxylic acids is 1. The summed E-state index contributed by atoms with van der Waals surface area (Å²) in [5, 5.41) is 15.1. The number of rotatable bonds is 2. The molecule has 2 aromatic heterocycles. The van der Waals surface area contributed by atoms with Crippen molar-refractivity contribution in [3.05, 3.63) is 57.9 Å². The molecule has 0 saturated heterocycles. The van der Waals surface area contributed by atoms with Gasteiger partial charge < -0.3 is 4.90 Å². The Balaban J connectivity index is 1.65. The number of nitrogens with zero attached hydrogens (tertiary/aromatic N) is 3. The van der Waals surface area contributed by atoms with Gasteiger partial charge in [0, 0.05) is 28.4 Å². The Morgan fingerprint density at radius 3 is 2.88 bits per heavy atom. The van der Waals surface area contributed by atoms with Crippen LogP contribution in [0.25, 0.3) is 11.4 Å². The molecule has 0 radical (unpaired) electrons. The average Bonchev–Trinajstić information content (AvgIpc) is 3.22. The van der Waals surface area contributed by atoms with Crippen molar-refractivity contribution in [2.45, 2.75) is 32.9 Å². The number of carbonyl (C=O) groups is 1. The minimum atomic E-state index is 0.0185. The van der Waals surface area contributed by atoms with Gasteiger partial charge in [0.05, 0.1) is 17.9 Å². The van der Waals surface area contributed by atoms with Crippen LogP contribution in [0.1, 0.15) is 34.1 Å². The second kappa shape index (κ2) is 6.04. The molecular formula is C18H18ClN5O. The van der Waals surface area contributed by atoms with E-state index in [0.29, 0.717) is 17.1 Å². The third-order valence-electron chi connectivity index (χ3n) is 4.75. The molecular weight excluding hydrogens is 338 g/mol. The van der Waals surface area contributed by atoms with Crippen LogP contribution in [0.4, 0.5) is 0 Å². The molecule has 0 bridgehead atoms. The van der Waals surface area contributed by atoms with Crippen LogP contribution in [-0.4, -0.2) is 37.2 Å². The summed E-state index contributed by atoms with van der Waals surface area (Å²) in [5.41, 5.74) is 5.47. The molecule has 25 heavy (non-hydrogen) atoms. The summed E-state index contributed by atoms with van der Waals surface area (Å²) in [5.74, 6) is 0.0185. The van der Waals surface area contributed by atoms with Crippen molar-refractivity contribution >= 4 is 17.5 Å². The summed E-state index contributed by atoms with van der Waals surface area (Å²) >= 11 is 6.01. The summed E-state index contributed by atoms with van der Waals surface area (Å²) in [6, 6.07) is 7.35. The van der Waals surface area contributed by atoms with Crippen LogP contribution in [0.2, 0.25) is 5.02 Å². The van der Waals surface area contributed by atoms with E-state index in [4.69, 9.17) is 11.6 Å². The van der Waals surface area contributed by atoms with E-state index in [0.717, 1.165) is 34.6 Å². The third kappa shape index (κ3) is 2.72. The molecule has 4 rings (SSSR count). The lowest BCUT2D eigenvalue weighted by atomic mass is 9.96. The number of aromatic nitrogens is 4. The molecule has 0 fully saturated rings. The summed E-state index contributed by atoms with van der Waals surface area (Å²) < 4.78 is 0. The van der Waals surface area contributed by atoms with Gasteiger partial charge in [0.2, 0.25) is 0 Å². The second-order valence-electron chi connectivity index (χ2n) is 6.45. The molecule has 7 heteroatoms. The summed E-state index contributed by atoms with van der Waals surface area (Å²) in [6.07, 6.45) is 2.46. The molecule has 3 aromatic rings. The number of hydrogen-bond acceptors (Lipinski definition) is 3. The van der Waals surface area contributed by atoms with Crippen molar-refractivity contribution < 1.29 is 4.79 Å². The molecule has 0 aliphatic carbocycles. The topological polar surface area (TPSA) is 77.7 Å². The molecule has 0 spiro atoms. The predicted octanol–water partition coefficient (Wildman–Crippen LogP) is 3.35. The zero-order chi connectivity index (χ0) is 17.6. The normalized spacial score (nSPS) is 16.8. The first-order chi connectivity index (χ1) is 12.0. The first-order valence-corrected chi connectivity index (χ1v) is 8.55. The predicted molar refractivity (Wildman–Crippen MR) is 95.4 cm³/mol. The van der Waals surface area contributed by atoms with Crippen LogP contribution in [0.5, 0.6) is 0 Å². The molecule has 2 N–H and O–H groups in total. The highest BCUT2D eigenvalue weighted by molar-refractivity contribution is 6.30. The smallest absolute Gasteiger partial charge is 0.254 e. The van der Waals surface area contributed by atoms with Gasteiger partial charge in [-0.05, 0) is 50.1 Å². The number of aromatic amines is 2. The maximum absolute atomic E-state index is 13.0. The monoisotopic (exact) mass is 355 g/mol. The highest BCUT2D eigenvalue weighted by atomic mass is 35.5. The maximum atomic E-state index is 13.0. The van der Waals surface area contributed by atoms with Crippen molar-refractivity contribution in [3.8, 4) is 11.4 Å². The Kier molecular flexibility index (Phi) is 3.84. The number of nitrogens with one attached hydrogen (secondary N) is 2. The molecule has 3 heterocycles. The molecule has 1 unspecified atom stereocenters. The highest BCUT2D eigenvalue weighted by Gasteiger charge is 2.31. The number of H-pyrrole nitrogens is 2. The van der Waals surface area contributed by atoms with E-state index in [1.807, 2.05) is 24.0 Å². The Morgan fingerprint density at radius 1 is 1.32 bits per heavy atom. The van der Waals surface area contributed by atoms with E-state index in [-0.39, 0.29) is 11.9 Å². The van der Waals surface area contributed by atoms with Crippen LogP contribution in [0, 0.1) is 6.92 Å². The van der Waals surface area contributed by atoms with Crippen molar-refractivity contribution in [2.75, 3.05) is 0 Å². The number of aryl methyl sites for hydroxylation is 1.